The number of carbonyl (C=O) groups excluding carboxylic acids is 1. The van der Waals surface area contributed by atoms with Crippen LogP contribution in [-0.2, 0) is 4.79 Å². The van der Waals surface area contributed by atoms with Crippen molar-refractivity contribution in [2.75, 3.05) is 11.9 Å². The van der Waals surface area contributed by atoms with Crippen LogP contribution in [0, 0.1) is 13.8 Å². The monoisotopic (exact) mass is 495 g/mol. The number of thiocarbonyl (C=S) groups is 1. The highest BCUT2D eigenvalue weighted by Crippen LogP contribution is 2.39. The Morgan fingerprint density at radius 2 is 1.81 bits per heavy atom. The number of hydrogen-bond acceptors (Lipinski definition) is 3. The predicted octanol–water partition coefficient (Wildman–Crippen LogP) is 5.49. The van der Waals surface area contributed by atoms with Gasteiger partial charge in [-0.15, -0.1) is 0 Å². The molecule has 6 nitrogen and oxygen atoms in total. The quantitative estimate of drug-likeness (QED) is 0.332. The van der Waals surface area contributed by atoms with Crippen molar-refractivity contribution in [1.29, 1.82) is 0 Å². The van der Waals surface area contributed by atoms with E-state index in [0.29, 0.717) is 18.1 Å². The largest absolute Gasteiger partial charge is 0.352 e. The lowest BCUT2D eigenvalue weighted by atomic mass is 10.0. The van der Waals surface area contributed by atoms with E-state index in [1.54, 1.807) is 6.20 Å². The van der Waals surface area contributed by atoms with E-state index < -0.39 is 0 Å². The van der Waals surface area contributed by atoms with Gasteiger partial charge in [-0.25, -0.2) is 0 Å². The molecule has 0 aliphatic carbocycles. The topological polar surface area (TPSA) is 62.2 Å². The van der Waals surface area contributed by atoms with Crippen molar-refractivity contribution in [3.05, 3.63) is 114 Å². The first-order valence-electron chi connectivity index (χ1n) is 12.1. The highest BCUT2D eigenvalue weighted by molar-refractivity contribution is 7.80. The summed E-state index contributed by atoms with van der Waals surface area (Å²) in [5.74, 6) is -0.0476. The Hall–Kier alpha value is -3.97. The summed E-state index contributed by atoms with van der Waals surface area (Å²) in [6.07, 6.45) is 4.19. The molecule has 1 fully saturated rings. The number of para-hydroxylation sites is 1. The van der Waals surface area contributed by atoms with Crippen LogP contribution in [0.5, 0.6) is 0 Å². The minimum atomic E-state index is -0.143. The molecule has 7 heteroatoms. The van der Waals surface area contributed by atoms with Crippen molar-refractivity contribution in [2.24, 2.45) is 0 Å². The molecule has 1 aliphatic heterocycles. The molecule has 2 unspecified atom stereocenters. The minimum absolute atomic E-state index is 0.0476. The number of carbonyl (C=O) groups is 1. The molecule has 4 aromatic rings. The van der Waals surface area contributed by atoms with Crippen LogP contribution in [0.2, 0.25) is 0 Å². The highest BCUT2D eigenvalue weighted by Gasteiger charge is 2.41. The van der Waals surface area contributed by atoms with Gasteiger partial charge in [-0.1, -0.05) is 30.3 Å². The summed E-state index contributed by atoms with van der Waals surface area (Å²) < 4.78 is 2.21. The Kier molecular flexibility index (Phi) is 6.82. The third kappa shape index (κ3) is 4.88. The van der Waals surface area contributed by atoms with E-state index >= 15 is 0 Å². The van der Waals surface area contributed by atoms with E-state index in [-0.39, 0.29) is 18.0 Å². The summed E-state index contributed by atoms with van der Waals surface area (Å²) in [6, 6.07) is 25.8. The van der Waals surface area contributed by atoms with E-state index in [0.717, 1.165) is 22.8 Å². The van der Waals surface area contributed by atoms with Crippen molar-refractivity contribution in [1.82, 2.24) is 19.8 Å². The van der Waals surface area contributed by atoms with Gasteiger partial charge in [0.1, 0.15) is 0 Å². The fourth-order valence-corrected chi connectivity index (χ4v) is 5.01. The van der Waals surface area contributed by atoms with E-state index in [4.69, 9.17) is 12.2 Å². The summed E-state index contributed by atoms with van der Waals surface area (Å²) in [6.45, 7) is 4.73. The Morgan fingerprint density at radius 1 is 1.00 bits per heavy atom. The number of benzene rings is 2. The first-order valence-corrected chi connectivity index (χ1v) is 12.5. The molecule has 5 rings (SSSR count). The minimum Gasteiger partial charge on any atom is -0.352 e. The average Bonchev–Trinajstić information content (AvgIpc) is 3.50. The number of pyridine rings is 1. The van der Waals surface area contributed by atoms with Gasteiger partial charge >= 0.3 is 0 Å². The van der Waals surface area contributed by atoms with Crippen LogP contribution >= 0.6 is 12.2 Å². The first kappa shape index (κ1) is 23.8. The molecule has 2 aromatic heterocycles. The third-order valence-electron chi connectivity index (χ3n) is 6.69. The van der Waals surface area contributed by atoms with Crippen molar-refractivity contribution < 1.29 is 4.79 Å². The van der Waals surface area contributed by atoms with Gasteiger partial charge in [-0.3, -0.25) is 9.78 Å². The maximum Gasteiger partial charge on any atom is 0.226 e. The fourth-order valence-electron chi connectivity index (χ4n) is 4.68. The van der Waals surface area contributed by atoms with Gasteiger partial charge in [0.05, 0.1) is 17.8 Å². The molecule has 0 radical (unpaired) electrons. The zero-order valence-corrected chi connectivity index (χ0v) is 21.2. The average molecular weight is 496 g/mol. The maximum atomic E-state index is 12.8. The van der Waals surface area contributed by atoms with Crippen LogP contribution in [0.15, 0.2) is 91.3 Å². The number of aromatic nitrogens is 2. The van der Waals surface area contributed by atoms with Crippen LogP contribution in [0.25, 0.3) is 5.69 Å². The molecule has 2 aromatic carbocycles. The lowest BCUT2D eigenvalue weighted by Crippen LogP contribution is -2.33. The smallest absolute Gasteiger partial charge is 0.226 e. The van der Waals surface area contributed by atoms with Gasteiger partial charge in [0, 0.05) is 42.4 Å². The Balaban J connectivity index is 1.46. The second kappa shape index (κ2) is 10.3. The zero-order valence-electron chi connectivity index (χ0n) is 20.4. The van der Waals surface area contributed by atoms with Crippen LogP contribution in [0.4, 0.5) is 5.69 Å². The van der Waals surface area contributed by atoms with Crippen LogP contribution in [0.1, 0.15) is 41.0 Å². The molecule has 1 aliphatic rings. The van der Waals surface area contributed by atoms with Crippen molar-refractivity contribution in [3.63, 3.8) is 0 Å². The normalized spacial score (nSPS) is 17.2. The SMILES string of the molecule is Cc1ccc(-n2cccc2C2C(c3ccccn3)NC(=S)N2CCC(=O)Nc2ccccc2)cc1C. The molecule has 0 spiro atoms. The fraction of sp³-hybridized carbons (Fsp3) is 0.207. The lowest BCUT2D eigenvalue weighted by molar-refractivity contribution is -0.116. The number of nitrogens with zero attached hydrogens (tertiary/aromatic N) is 3. The Bertz CT molecular complexity index is 1370. The third-order valence-corrected chi connectivity index (χ3v) is 7.04. The number of aryl methyl sites for hydroxylation is 2. The Labute approximate surface area is 217 Å². The molecule has 1 saturated heterocycles. The van der Waals surface area contributed by atoms with Gasteiger partial charge in [0.25, 0.3) is 0 Å². The molecular weight excluding hydrogens is 466 g/mol. The summed E-state index contributed by atoms with van der Waals surface area (Å²) in [4.78, 5) is 19.5. The van der Waals surface area contributed by atoms with Crippen molar-refractivity contribution in [2.45, 2.75) is 32.4 Å². The highest BCUT2D eigenvalue weighted by atomic mass is 32.1. The van der Waals surface area contributed by atoms with E-state index in [1.165, 1.54) is 11.1 Å². The molecule has 182 valence electrons. The predicted molar refractivity (Wildman–Crippen MR) is 147 cm³/mol. The molecule has 2 atom stereocenters. The standard InChI is InChI=1S/C29H29N5OS/c1-20-13-14-23(19-21(20)2)33-17-8-12-25(33)28-27(24-11-6-7-16-30-24)32-29(36)34(28)18-15-26(35)31-22-9-4-3-5-10-22/h3-14,16-17,19,27-28H,15,18H2,1-2H3,(H,31,35)(H,32,36). The number of anilines is 1. The molecule has 1 amide bonds. The summed E-state index contributed by atoms with van der Waals surface area (Å²) in [5, 5.41) is 7.08. The zero-order chi connectivity index (χ0) is 25.1. The van der Waals surface area contributed by atoms with Gasteiger partial charge < -0.3 is 20.1 Å². The van der Waals surface area contributed by atoms with E-state index in [2.05, 4.69) is 75.5 Å². The number of amides is 1. The van der Waals surface area contributed by atoms with Gasteiger partial charge in [0.15, 0.2) is 5.11 Å². The van der Waals surface area contributed by atoms with Gasteiger partial charge in [-0.2, -0.15) is 0 Å². The molecule has 0 saturated carbocycles. The Morgan fingerprint density at radius 3 is 2.56 bits per heavy atom. The molecular formula is C29H29N5OS. The van der Waals surface area contributed by atoms with Crippen molar-refractivity contribution >= 4 is 28.9 Å². The molecule has 0 bridgehead atoms. The number of rotatable bonds is 7. The van der Waals surface area contributed by atoms with Gasteiger partial charge in [-0.05, 0) is 85.7 Å². The van der Waals surface area contributed by atoms with Crippen LogP contribution < -0.4 is 10.6 Å². The lowest BCUT2D eigenvalue weighted by Gasteiger charge is -2.29. The summed E-state index contributed by atoms with van der Waals surface area (Å²) in [7, 11) is 0. The second-order valence-electron chi connectivity index (χ2n) is 9.06. The summed E-state index contributed by atoms with van der Waals surface area (Å²) in [5.41, 5.74) is 6.38. The second-order valence-corrected chi connectivity index (χ2v) is 9.44. The molecule has 2 N–H and O–H groups in total. The van der Waals surface area contributed by atoms with Crippen LogP contribution in [0.3, 0.4) is 0 Å². The van der Waals surface area contributed by atoms with E-state index in [1.807, 2.05) is 48.5 Å². The number of nitrogens with one attached hydrogen (secondary N) is 2. The molecule has 3 heterocycles. The van der Waals surface area contributed by atoms with E-state index in [9.17, 15) is 4.79 Å². The van der Waals surface area contributed by atoms with Crippen molar-refractivity contribution in [3.8, 4) is 5.69 Å². The van der Waals surface area contributed by atoms with Crippen LogP contribution in [-0.4, -0.2) is 32.0 Å². The maximum absolute atomic E-state index is 12.8. The molecule has 36 heavy (non-hydrogen) atoms. The first-order chi connectivity index (χ1) is 17.5. The number of hydrogen-bond donors (Lipinski definition) is 2. The van der Waals surface area contributed by atoms with Gasteiger partial charge in [0.2, 0.25) is 5.91 Å². The summed E-state index contributed by atoms with van der Waals surface area (Å²) >= 11 is 5.79.